The Morgan fingerprint density at radius 3 is 2.78 bits per heavy atom. The number of aromatic nitrogens is 2. The van der Waals surface area contributed by atoms with Crippen molar-refractivity contribution in [1.82, 2.24) is 9.55 Å². The maximum atomic E-state index is 13.0. The fourth-order valence-corrected chi connectivity index (χ4v) is 3.29. The molecule has 0 saturated carbocycles. The number of nitrogens with zero attached hydrogens (tertiary/aromatic N) is 2. The molecule has 0 radical (unpaired) electrons. The lowest BCUT2D eigenvalue weighted by Gasteiger charge is -2.15. The zero-order valence-corrected chi connectivity index (χ0v) is 14.3. The van der Waals surface area contributed by atoms with Gasteiger partial charge in [0.15, 0.2) is 5.16 Å². The molecule has 0 spiro atoms. The van der Waals surface area contributed by atoms with E-state index in [1.165, 1.54) is 11.8 Å². The lowest BCUT2D eigenvalue weighted by atomic mass is 10.2. The standard InChI is InChI=1S/C17H15ClN2O2S/c1-3-23-17-19-13-10-11(18)8-9-12(13)16(21)20(17)14-6-4-5-7-15(14)22-2/h4-10H,3H2,1-2H3. The molecule has 0 amide bonds. The van der Waals surface area contributed by atoms with Crippen LogP contribution in [0.2, 0.25) is 5.02 Å². The first-order chi connectivity index (χ1) is 11.2. The number of fused-ring (bicyclic) bond motifs is 1. The van der Waals surface area contributed by atoms with Crippen LogP contribution in [-0.2, 0) is 0 Å². The van der Waals surface area contributed by atoms with Gasteiger partial charge in [-0.15, -0.1) is 0 Å². The first kappa shape index (κ1) is 15.9. The van der Waals surface area contributed by atoms with Gasteiger partial charge < -0.3 is 4.74 Å². The second-order valence-corrected chi connectivity index (χ2v) is 6.47. The van der Waals surface area contributed by atoms with Gasteiger partial charge in [-0.25, -0.2) is 4.98 Å². The van der Waals surface area contributed by atoms with E-state index in [1.54, 1.807) is 29.9 Å². The van der Waals surface area contributed by atoms with Gasteiger partial charge in [0.05, 0.1) is 23.7 Å². The maximum Gasteiger partial charge on any atom is 0.266 e. The van der Waals surface area contributed by atoms with Crippen molar-refractivity contribution in [3.63, 3.8) is 0 Å². The number of thioether (sulfide) groups is 1. The van der Waals surface area contributed by atoms with Gasteiger partial charge in [-0.2, -0.15) is 0 Å². The van der Waals surface area contributed by atoms with Crippen molar-refractivity contribution < 1.29 is 4.74 Å². The summed E-state index contributed by atoms with van der Waals surface area (Å²) in [6.45, 7) is 2.02. The van der Waals surface area contributed by atoms with Crippen molar-refractivity contribution in [2.24, 2.45) is 0 Å². The minimum absolute atomic E-state index is 0.132. The average Bonchev–Trinajstić information content (AvgIpc) is 2.55. The largest absolute Gasteiger partial charge is 0.495 e. The van der Waals surface area contributed by atoms with Gasteiger partial charge in [-0.1, -0.05) is 42.4 Å². The minimum Gasteiger partial charge on any atom is -0.495 e. The van der Waals surface area contributed by atoms with Crippen LogP contribution >= 0.6 is 23.4 Å². The van der Waals surface area contributed by atoms with Crippen LogP contribution in [0.3, 0.4) is 0 Å². The molecule has 6 heteroatoms. The second kappa shape index (κ2) is 6.64. The zero-order valence-electron chi connectivity index (χ0n) is 12.7. The summed E-state index contributed by atoms with van der Waals surface area (Å²) in [6.07, 6.45) is 0. The quantitative estimate of drug-likeness (QED) is 0.525. The molecule has 0 N–H and O–H groups in total. The highest BCUT2D eigenvalue weighted by molar-refractivity contribution is 7.99. The van der Waals surface area contributed by atoms with E-state index in [0.29, 0.717) is 32.5 Å². The summed E-state index contributed by atoms with van der Waals surface area (Å²) in [5.41, 5.74) is 1.15. The molecule has 0 aliphatic rings. The van der Waals surface area contributed by atoms with Crippen molar-refractivity contribution in [2.45, 2.75) is 12.1 Å². The second-order valence-electron chi connectivity index (χ2n) is 4.80. The molecule has 0 bridgehead atoms. The Morgan fingerprint density at radius 2 is 2.04 bits per heavy atom. The van der Waals surface area contributed by atoms with Gasteiger partial charge in [0, 0.05) is 5.02 Å². The van der Waals surface area contributed by atoms with E-state index >= 15 is 0 Å². The number of ether oxygens (including phenoxy) is 1. The molecule has 0 aliphatic carbocycles. The summed E-state index contributed by atoms with van der Waals surface area (Å²) >= 11 is 7.53. The van der Waals surface area contributed by atoms with E-state index in [-0.39, 0.29) is 5.56 Å². The average molecular weight is 347 g/mol. The van der Waals surface area contributed by atoms with Crippen LogP contribution in [0.1, 0.15) is 6.92 Å². The van der Waals surface area contributed by atoms with Crippen molar-refractivity contribution in [3.8, 4) is 11.4 Å². The van der Waals surface area contributed by atoms with E-state index in [2.05, 4.69) is 4.98 Å². The van der Waals surface area contributed by atoms with Gasteiger partial charge in [-0.05, 0) is 36.1 Å². The van der Waals surface area contributed by atoms with E-state index in [0.717, 1.165) is 5.75 Å². The van der Waals surface area contributed by atoms with Gasteiger partial charge in [0.1, 0.15) is 5.75 Å². The number of rotatable bonds is 4. The van der Waals surface area contributed by atoms with Gasteiger partial charge in [0.2, 0.25) is 0 Å². The normalized spacial score (nSPS) is 10.9. The monoisotopic (exact) mass is 346 g/mol. The number of hydrogen-bond donors (Lipinski definition) is 0. The molecule has 4 nitrogen and oxygen atoms in total. The van der Waals surface area contributed by atoms with Crippen LogP contribution in [0.25, 0.3) is 16.6 Å². The van der Waals surface area contributed by atoms with E-state index < -0.39 is 0 Å². The molecular weight excluding hydrogens is 332 g/mol. The maximum absolute atomic E-state index is 13.0. The Morgan fingerprint density at radius 1 is 1.26 bits per heavy atom. The van der Waals surface area contributed by atoms with Crippen molar-refractivity contribution in [3.05, 3.63) is 57.8 Å². The Balaban J connectivity index is 2.38. The molecule has 3 aromatic rings. The van der Waals surface area contributed by atoms with Gasteiger partial charge in [-0.3, -0.25) is 9.36 Å². The molecule has 2 aromatic carbocycles. The third kappa shape index (κ3) is 2.94. The Labute approximate surface area is 143 Å². The van der Waals surface area contributed by atoms with Crippen LogP contribution in [0, 0.1) is 0 Å². The van der Waals surface area contributed by atoms with Crippen LogP contribution in [0.4, 0.5) is 0 Å². The zero-order chi connectivity index (χ0) is 16.4. The van der Waals surface area contributed by atoms with Crippen molar-refractivity contribution >= 4 is 34.3 Å². The molecular formula is C17H15ClN2O2S. The predicted octanol–water partition coefficient (Wildman–Crippen LogP) is 4.16. The van der Waals surface area contributed by atoms with Gasteiger partial charge in [0.25, 0.3) is 5.56 Å². The lowest BCUT2D eigenvalue weighted by Crippen LogP contribution is -2.22. The number of hydrogen-bond acceptors (Lipinski definition) is 4. The molecule has 1 aromatic heterocycles. The van der Waals surface area contributed by atoms with Crippen LogP contribution in [0.5, 0.6) is 5.75 Å². The molecule has 118 valence electrons. The topological polar surface area (TPSA) is 44.1 Å². The Hall–Kier alpha value is -1.98. The highest BCUT2D eigenvalue weighted by Gasteiger charge is 2.15. The van der Waals surface area contributed by atoms with Crippen molar-refractivity contribution in [2.75, 3.05) is 12.9 Å². The molecule has 0 unspecified atom stereocenters. The molecule has 1 heterocycles. The van der Waals surface area contributed by atoms with Crippen LogP contribution < -0.4 is 10.3 Å². The predicted molar refractivity (Wildman–Crippen MR) is 95.3 cm³/mol. The lowest BCUT2D eigenvalue weighted by molar-refractivity contribution is 0.411. The first-order valence-electron chi connectivity index (χ1n) is 7.14. The van der Waals surface area contributed by atoms with Crippen LogP contribution in [0.15, 0.2) is 52.4 Å². The summed E-state index contributed by atoms with van der Waals surface area (Å²) in [6, 6.07) is 12.5. The summed E-state index contributed by atoms with van der Waals surface area (Å²) in [5, 5.41) is 1.71. The summed E-state index contributed by atoms with van der Waals surface area (Å²) < 4.78 is 7.00. The SMILES string of the molecule is CCSc1nc2cc(Cl)ccc2c(=O)n1-c1ccccc1OC. The molecule has 0 fully saturated rings. The fraction of sp³-hybridized carbons (Fsp3) is 0.176. The first-order valence-corrected chi connectivity index (χ1v) is 8.50. The molecule has 23 heavy (non-hydrogen) atoms. The number of methoxy groups -OCH3 is 1. The van der Waals surface area contributed by atoms with E-state index in [1.807, 2.05) is 31.2 Å². The molecule has 3 rings (SSSR count). The number of benzene rings is 2. The third-order valence-electron chi connectivity index (χ3n) is 3.40. The van der Waals surface area contributed by atoms with E-state index in [9.17, 15) is 4.79 Å². The number of halogens is 1. The minimum atomic E-state index is -0.132. The van der Waals surface area contributed by atoms with Crippen LogP contribution in [-0.4, -0.2) is 22.4 Å². The van der Waals surface area contributed by atoms with Gasteiger partial charge >= 0.3 is 0 Å². The summed E-state index contributed by atoms with van der Waals surface area (Å²) in [7, 11) is 1.59. The van der Waals surface area contributed by atoms with Crippen molar-refractivity contribution in [1.29, 1.82) is 0 Å². The highest BCUT2D eigenvalue weighted by atomic mass is 35.5. The summed E-state index contributed by atoms with van der Waals surface area (Å²) in [4.78, 5) is 17.6. The fourth-order valence-electron chi connectivity index (χ4n) is 2.39. The van der Waals surface area contributed by atoms with E-state index in [4.69, 9.17) is 16.3 Å². The number of para-hydroxylation sites is 2. The Kier molecular flexibility index (Phi) is 4.59. The molecule has 0 saturated heterocycles. The Bertz CT molecular complexity index is 924. The summed E-state index contributed by atoms with van der Waals surface area (Å²) in [5.74, 6) is 1.43. The molecule has 0 aliphatic heterocycles. The highest BCUT2D eigenvalue weighted by Crippen LogP contribution is 2.27. The smallest absolute Gasteiger partial charge is 0.266 e. The molecule has 0 atom stereocenters. The third-order valence-corrected chi connectivity index (χ3v) is 4.46.